The number of hydrogen-bond acceptors (Lipinski definition) is 4. The Bertz CT molecular complexity index is 896. The van der Waals surface area contributed by atoms with Crippen molar-refractivity contribution in [2.45, 2.75) is 13.5 Å². The van der Waals surface area contributed by atoms with Gasteiger partial charge in [0, 0.05) is 10.5 Å². The van der Waals surface area contributed by atoms with Gasteiger partial charge in [0.25, 0.3) is 0 Å². The van der Waals surface area contributed by atoms with E-state index in [1.165, 1.54) is 20.1 Å². The van der Waals surface area contributed by atoms with Crippen molar-refractivity contribution in [1.29, 1.82) is 0 Å². The van der Waals surface area contributed by atoms with E-state index in [-0.39, 0.29) is 5.70 Å². The molecule has 8 heteroatoms. The summed E-state index contributed by atoms with van der Waals surface area (Å²) in [5, 5.41) is 11.5. The normalized spacial score (nSPS) is 11.0. The molecular weight excluding hydrogens is 576 g/mol. The zero-order chi connectivity index (χ0) is 20.0. The zero-order valence-electron chi connectivity index (χ0n) is 14.6. The number of methoxy groups -OCH3 is 1. The van der Waals surface area contributed by atoms with Gasteiger partial charge in [-0.1, -0.05) is 12.1 Å². The third kappa shape index (κ3) is 6.38. The monoisotopic (exact) mass is 593 g/mol. The molecule has 142 valence electrons. The topological polar surface area (TPSA) is 84.9 Å². The van der Waals surface area contributed by atoms with Crippen molar-refractivity contribution in [3.8, 4) is 11.5 Å². The molecule has 0 aliphatic carbocycles. The summed E-state index contributed by atoms with van der Waals surface area (Å²) in [6, 6.07) is 11.4. The van der Waals surface area contributed by atoms with Gasteiger partial charge in [-0.25, -0.2) is 4.79 Å². The molecule has 2 aromatic rings. The fourth-order valence-electron chi connectivity index (χ4n) is 2.25. The van der Waals surface area contributed by atoms with Gasteiger partial charge in [0.15, 0.2) is 11.5 Å². The van der Waals surface area contributed by atoms with Crippen molar-refractivity contribution in [2.75, 3.05) is 7.11 Å². The van der Waals surface area contributed by atoms with Crippen LogP contribution in [0.3, 0.4) is 0 Å². The maximum Gasteiger partial charge on any atom is 0.352 e. The molecule has 0 aliphatic heterocycles. The number of aliphatic carboxylic acids is 1. The third-order valence-corrected chi connectivity index (χ3v) is 4.85. The number of amides is 1. The molecule has 0 spiro atoms. The second kappa shape index (κ2) is 9.93. The Balaban J connectivity index is 2.30. The molecule has 2 aromatic carbocycles. The van der Waals surface area contributed by atoms with Crippen molar-refractivity contribution in [2.24, 2.45) is 0 Å². The molecule has 6 nitrogen and oxygen atoms in total. The van der Waals surface area contributed by atoms with E-state index in [4.69, 9.17) is 9.47 Å². The molecule has 0 unspecified atom stereocenters. The largest absolute Gasteiger partial charge is 0.493 e. The van der Waals surface area contributed by atoms with Crippen LogP contribution < -0.4 is 14.8 Å². The molecule has 0 heterocycles. The summed E-state index contributed by atoms with van der Waals surface area (Å²) in [4.78, 5) is 22.5. The molecule has 0 aliphatic rings. The summed E-state index contributed by atoms with van der Waals surface area (Å²) in [6.45, 7) is 1.63. The van der Waals surface area contributed by atoms with E-state index >= 15 is 0 Å². The first-order valence-electron chi connectivity index (χ1n) is 7.77. The summed E-state index contributed by atoms with van der Waals surface area (Å²) in [5.41, 5.74) is 1.39. The first-order valence-corrected chi connectivity index (χ1v) is 9.93. The summed E-state index contributed by atoms with van der Waals surface area (Å²) in [6.07, 6.45) is 1.37. The Morgan fingerprint density at radius 3 is 2.56 bits per heavy atom. The number of benzene rings is 2. The van der Waals surface area contributed by atoms with Crippen LogP contribution in [0, 0.1) is 7.14 Å². The summed E-state index contributed by atoms with van der Waals surface area (Å²) in [7, 11) is 1.52. The van der Waals surface area contributed by atoms with Crippen molar-refractivity contribution < 1.29 is 24.2 Å². The number of carbonyl (C=O) groups is 2. The van der Waals surface area contributed by atoms with Crippen molar-refractivity contribution in [1.82, 2.24) is 5.32 Å². The van der Waals surface area contributed by atoms with Gasteiger partial charge in [0.2, 0.25) is 5.91 Å². The molecule has 0 saturated carbocycles. The van der Waals surface area contributed by atoms with E-state index in [0.717, 1.165) is 12.7 Å². The minimum Gasteiger partial charge on any atom is -0.493 e. The van der Waals surface area contributed by atoms with E-state index < -0.39 is 11.9 Å². The molecule has 0 aromatic heterocycles. The van der Waals surface area contributed by atoms with Crippen molar-refractivity contribution in [3.63, 3.8) is 0 Å². The predicted octanol–water partition coefficient (Wildman–Crippen LogP) is 4.05. The highest BCUT2D eigenvalue weighted by Crippen LogP contribution is 2.35. The Morgan fingerprint density at radius 2 is 1.96 bits per heavy atom. The second-order valence-corrected chi connectivity index (χ2v) is 7.90. The zero-order valence-corrected chi connectivity index (χ0v) is 18.9. The highest BCUT2D eigenvalue weighted by atomic mass is 127. The Hall–Kier alpha value is -1.82. The Kier molecular flexibility index (Phi) is 7.90. The van der Waals surface area contributed by atoms with Gasteiger partial charge < -0.3 is 19.9 Å². The molecule has 0 saturated heterocycles. The lowest BCUT2D eigenvalue weighted by atomic mass is 10.1. The van der Waals surface area contributed by atoms with Gasteiger partial charge in [0.1, 0.15) is 12.3 Å². The Labute approximate surface area is 184 Å². The molecule has 27 heavy (non-hydrogen) atoms. The third-order valence-electron chi connectivity index (χ3n) is 3.38. The van der Waals surface area contributed by atoms with Gasteiger partial charge in [-0.3, -0.25) is 4.79 Å². The average molecular weight is 593 g/mol. The number of carbonyl (C=O) groups excluding carboxylic acids is 1. The molecule has 0 bridgehead atoms. The number of rotatable bonds is 7. The highest BCUT2D eigenvalue weighted by Gasteiger charge is 2.14. The lowest BCUT2D eigenvalue weighted by Crippen LogP contribution is -2.24. The first-order chi connectivity index (χ1) is 12.8. The lowest BCUT2D eigenvalue weighted by molar-refractivity contribution is -0.134. The fraction of sp³-hybridized carbons (Fsp3) is 0.158. The molecule has 2 rings (SSSR count). The van der Waals surface area contributed by atoms with E-state index in [0.29, 0.717) is 23.7 Å². The molecule has 1 amide bonds. The van der Waals surface area contributed by atoms with Crippen molar-refractivity contribution >= 4 is 63.1 Å². The molecule has 0 atom stereocenters. The number of hydrogen-bond donors (Lipinski definition) is 2. The van der Waals surface area contributed by atoms with Crippen LogP contribution in [0.2, 0.25) is 0 Å². The summed E-state index contributed by atoms with van der Waals surface area (Å²) >= 11 is 4.35. The van der Waals surface area contributed by atoms with Crippen molar-refractivity contribution in [3.05, 3.63) is 60.4 Å². The number of ether oxygens (including phenoxy) is 2. The summed E-state index contributed by atoms with van der Waals surface area (Å²) in [5.74, 6) is -0.627. The molecular formula is C19H17I2NO5. The predicted molar refractivity (Wildman–Crippen MR) is 119 cm³/mol. The quantitative estimate of drug-likeness (QED) is 0.374. The van der Waals surface area contributed by atoms with Crippen LogP contribution in [0.25, 0.3) is 6.08 Å². The maximum absolute atomic E-state index is 11.3. The van der Waals surface area contributed by atoms with Gasteiger partial charge in [-0.2, -0.15) is 0 Å². The van der Waals surface area contributed by atoms with Crippen LogP contribution in [-0.2, 0) is 16.2 Å². The van der Waals surface area contributed by atoms with Gasteiger partial charge in [-0.15, -0.1) is 0 Å². The fourth-order valence-corrected chi connectivity index (χ4v) is 3.64. The van der Waals surface area contributed by atoms with Crippen LogP contribution >= 0.6 is 45.2 Å². The lowest BCUT2D eigenvalue weighted by Gasteiger charge is -2.14. The second-order valence-electron chi connectivity index (χ2n) is 5.50. The van der Waals surface area contributed by atoms with Crippen LogP contribution in [-0.4, -0.2) is 24.1 Å². The molecule has 2 N–H and O–H groups in total. The Morgan fingerprint density at radius 1 is 1.22 bits per heavy atom. The molecule has 0 radical (unpaired) electrons. The average Bonchev–Trinajstić information content (AvgIpc) is 2.59. The van der Waals surface area contributed by atoms with Crippen LogP contribution in [0.5, 0.6) is 11.5 Å². The van der Waals surface area contributed by atoms with Gasteiger partial charge in [0.05, 0.1) is 10.7 Å². The first kappa shape index (κ1) is 21.5. The van der Waals surface area contributed by atoms with E-state index in [2.05, 4.69) is 50.5 Å². The van der Waals surface area contributed by atoms with Gasteiger partial charge in [-0.05, 0) is 86.7 Å². The minimum absolute atomic E-state index is 0.215. The SMILES string of the molecule is COc1cc(/C=C(/NC(C)=O)C(=O)O)cc(I)c1OCc1cccc(I)c1. The molecule has 0 fully saturated rings. The summed E-state index contributed by atoms with van der Waals surface area (Å²) < 4.78 is 13.2. The smallest absolute Gasteiger partial charge is 0.352 e. The number of carboxylic acids is 1. The minimum atomic E-state index is -1.22. The van der Waals surface area contributed by atoms with E-state index in [9.17, 15) is 14.7 Å². The van der Waals surface area contributed by atoms with Gasteiger partial charge >= 0.3 is 5.97 Å². The number of halogens is 2. The van der Waals surface area contributed by atoms with E-state index in [1.807, 2.05) is 24.3 Å². The number of carboxylic acid groups (broad SMARTS) is 1. The standard InChI is InChI=1S/C19H17I2NO5/c1-11(23)22-16(19(24)25)8-13-7-15(21)18(17(9-13)26-2)27-10-12-4-3-5-14(20)6-12/h3-9H,10H2,1-2H3,(H,22,23)(H,24,25)/b16-8+. The van der Waals surface area contributed by atoms with Crippen LogP contribution in [0.15, 0.2) is 42.1 Å². The van der Waals surface area contributed by atoms with Crippen LogP contribution in [0.4, 0.5) is 0 Å². The van der Waals surface area contributed by atoms with Crippen LogP contribution in [0.1, 0.15) is 18.1 Å². The highest BCUT2D eigenvalue weighted by molar-refractivity contribution is 14.1. The maximum atomic E-state index is 11.3. The van der Waals surface area contributed by atoms with E-state index in [1.54, 1.807) is 12.1 Å². The number of nitrogens with one attached hydrogen (secondary N) is 1.